The maximum Gasteiger partial charge on any atom is 0.308 e. The lowest BCUT2D eigenvalue weighted by Crippen LogP contribution is -2.43. The van der Waals surface area contributed by atoms with E-state index in [1.54, 1.807) is 35.2 Å². The number of ether oxygens (including phenoxy) is 1. The number of halogens is 2. The van der Waals surface area contributed by atoms with Crippen molar-refractivity contribution in [3.8, 4) is 0 Å². The SMILES string of the molecule is COC(=O)CC1Sc2ccccc2C(=O)N1c1cc(Cl)cc(Cl)c1. The molecule has 1 amide bonds. The summed E-state index contributed by atoms with van der Waals surface area (Å²) in [6.45, 7) is 0. The van der Waals surface area contributed by atoms with Crippen molar-refractivity contribution < 1.29 is 14.3 Å². The number of thioether (sulfide) groups is 1. The van der Waals surface area contributed by atoms with Crippen molar-refractivity contribution in [3.63, 3.8) is 0 Å². The third-order valence-electron chi connectivity index (χ3n) is 3.58. The average Bonchev–Trinajstić information content (AvgIpc) is 2.54. The Labute approximate surface area is 153 Å². The van der Waals surface area contributed by atoms with Crippen LogP contribution in [0, 0.1) is 0 Å². The van der Waals surface area contributed by atoms with Gasteiger partial charge in [0, 0.05) is 20.6 Å². The first-order chi connectivity index (χ1) is 11.5. The van der Waals surface area contributed by atoms with Gasteiger partial charge in [0.1, 0.15) is 0 Å². The third kappa shape index (κ3) is 3.38. The first kappa shape index (κ1) is 17.1. The van der Waals surface area contributed by atoms with Gasteiger partial charge in [-0.05, 0) is 30.3 Å². The number of benzene rings is 2. The van der Waals surface area contributed by atoms with E-state index < -0.39 is 11.3 Å². The lowest BCUT2D eigenvalue weighted by Gasteiger charge is -2.35. The van der Waals surface area contributed by atoms with Crippen molar-refractivity contribution in [3.05, 3.63) is 58.1 Å². The number of hydrogen-bond acceptors (Lipinski definition) is 4. The van der Waals surface area contributed by atoms with Crippen molar-refractivity contribution in [1.29, 1.82) is 0 Å². The van der Waals surface area contributed by atoms with E-state index in [1.165, 1.54) is 18.9 Å². The van der Waals surface area contributed by atoms with E-state index in [9.17, 15) is 9.59 Å². The van der Waals surface area contributed by atoms with Gasteiger partial charge < -0.3 is 4.74 Å². The van der Waals surface area contributed by atoms with E-state index in [1.807, 2.05) is 12.1 Å². The number of fused-ring (bicyclic) bond motifs is 1. The molecule has 7 heteroatoms. The highest BCUT2D eigenvalue weighted by molar-refractivity contribution is 8.00. The first-order valence-electron chi connectivity index (χ1n) is 7.12. The molecule has 3 rings (SSSR count). The summed E-state index contributed by atoms with van der Waals surface area (Å²) in [7, 11) is 1.33. The summed E-state index contributed by atoms with van der Waals surface area (Å²) in [5.74, 6) is -0.589. The Morgan fingerprint density at radius 3 is 2.54 bits per heavy atom. The Kier molecular flexibility index (Phi) is 5.04. The van der Waals surface area contributed by atoms with Gasteiger partial charge in [0.15, 0.2) is 0 Å². The van der Waals surface area contributed by atoms with Crippen molar-refractivity contribution in [2.24, 2.45) is 0 Å². The van der Waals surface area contributed by atoms with Crippen LogP contribution in [0.5, 0.6) is 0 Å². The molecule has 1 heterocycles. The monoisotopic (exact) mass is 381 g/mol. The molecule has 2 aromatic rings. The average molecular weight is 382 g/mol. The van der Waals surface area contributed by atoms with E-state index in [2.05, 4.69) is 0 Å². The predicted octanol–water partition coefficient (Wildman–Crippen LogP) is 4.64. The first-order valence-corrected chi connectivity index (χ1v) is 8.75. The van der Waals surface area contributed by atoms with Gasteiger partial charge in [0.05, 0.1) is 24.5 Å². The van der Waals surface area contributed by atoms with Crippen LogP contribution in [0.4, 0.5) is 5.69 Å². The molecule has 1 aliphatic rings. The van der Waals surface area contributed by atoms with E-state index in [4.69, 9.17) is 27.9 Å². The van der Waals surface area contributed by atoms with Crippen molar-refractivity contribution in [2.75, 3.05) is 12.0 Å². The molecule has 4 nitrogen and oxygen atoms in total. The molecular formula is C17H13Cl2NO3S. The largest absolute Gasteiger partial charge is 0.469 e. The summed E-state index contributed by atoms with van der Waals surface area (Å²) in [5, 5.41) is 0.409. The smallest absolute Gasteiger partial charge is 0.308 e. The minimum atomic E-state index is -0.436. The summed E-state index contributed by atoms with van der Waals surface area (Å²) >= 11 is 13.6. The molecule has 0 radical (unpaired) electrons. The maximum atomic E-state index is 13.0. The number of nitrogens with zero attached hydrogens (tertiary/aromatic N) is 1. The molecule has 1 aliphatic heterocycles. The highest BCUT2D eigenvalue weighted by Gasteiger charge is 2.35. The number of hydrogen-bond donors (Lipinski definition) is 0. The highest BCUT2D eigenvalue weighted by Crippen LogP contribution is 2.40. The van der Waals surface area contributed by atoms with Crippen LogP contribution in [0.3, 0.4) is 0 Å². The summed E-state index contributed by atoms with van der Waals surface area (Å²) in [5.41, 5.74) is 1.13. The summed E-state index contributed by atoms with van der Waals surface area (Å²) in [6, 6.07) is 12.2. The molecule has 0 N–H and O–H groups in total. The maximum absolute atomic E-state index is 13.0. The Hall–Kier alpha value is -1.69. The number of anilines is 1. The Morgan fingerprint density at radius 2 is 1.88 bits per heavy atom. The standard InChI is InChI=1S/C17H13Cl2NO3S/c1-23-16(21)9-15-20(12-7-10(18)6-11(19)8-12)17(22)13-4-2-3-5-14(13)24-15/h2-8,15H,9H2,1H3. The third-order valence-corrected chi connectivity index (χ3v) is 5.28. The second kappa shape index (κ2) is 7.05. The van der Waals surface area contributed by atoms with Crippen LogP contribution in [-0.2, 0) is 9.53 Å². The van der Waals surface area contributed by atoms with E-state index in [-0.39, 0.29) is 12.3 Å². The van der Waals surface area contributed by atoms with E-state index in [0.717, 1.165) is 4.90 Å². The zero-order chi connectivity index (χ0) is 17.3. The lowest BCUT2D eigenvalue weighted by atomic mass is 10.1. The van der Waals surface area contributed by atoms with Gasteiger partial charge in [-0.2, -0.15) is 0 Å². The second-order valence-corrected chi connectivity index (χ2v) is 7.24. The van der Waals surface area contributed by atoms with Crippen LogP contribution in [0.25, 0.3) is 0 Å². The van der Waals surface area contributed by atoms with E-state index in [0.29, 0.717) is 21.3 Å². The van der Waals surface area contributed by atoms with Crippen LogP contribution >= 0.6 is 35.0 Å². The molecule has 0 saturated carbocycles. The molecule has 1 unspecified atom stereocenters. The zero-order valence-electron chi connectivity index (χ0n) is 12.7. The van der Waals surface area contributed by atoms with Crippen LogP contribution in [0.1, 0.15) is 16.8 Å². The molecule has 0 saturated heterocycles. The van der Waals surface area contributed by atoms with Crippen molar-refractivity contribution in [2.45, 2.75) is 16.7 Å². The topological polar surface area (TPSA) is 46.6 Å². The normalized spacial score (nSPS) is 16.7. The molecule has 0 bridgehead atoms. The van der Waals surface area contributed by atoms with E-state index >= 15 is 0 Å². The molecule has 24 heavy (non-hydrogen) atoms. The summed E-state index contributed by atoms with van der Waals surface area (Å²) < 4.78 is 4.77. The Balaban J connectivity index is 2.07. The predicted molar refractivity (Wildman–Crippen MR) is 96.0 cm³/mol. The number of rotatable bonds is 3. The minimum Gasteiger partial charge on any atom is -0.469 e. The number of methoxy groups -OCH3 is 1. The van der Waals surface area contributed by atoms with Crippen LogP contribution in [-0.4, -0.2) is 24.4 Å². The van der Waals surface area contributed by atoms with Gasteiger partial charge in [-0.15, -0.1) is 0 Å². The number of esters is 1. The van der Waals surface area contributed by atoms with Crippen LogP contribution in [0.2, 0.25) is 10.0 Å². The number of carbonyl (C=O) groups excluding carboxylic acids is 2. The van der Waals surface area contributed by atoms with Gasteiger partial charge >= 0.3 is 5.97 Å². The molecule has 0 fully saturated rings. The fraction of sp³-hybridized carbons (Fsp3) is 0.176. The van der Waals surface area contributed by atoms with Gasteiger partial charge in [-0.3, -0.25) is 14.5 Å². The van der Waals surface area contributed by atoms with Crippen molar-refractivity contribution in [1.82, 2.24) is 0 Å². The second-order valence-electron chi connectivity index (χ2n) is 5.15. The van der Waals surface area contributed by atoms with Gasteiger partial charge in [-0.25, -0.2) is 0 Å². The number of carbonyl (C=O) groups is 2. The molecular weight excluding hydrogens is 369 g/mol. The number of amides is 1. The molecule has 1 atom stereocenters. The van der Waals surface area contributed by atoms with Crippen molar-refractivity contribution >= 4 is 52.5 Å². The quantitative estimate of drug-likeness (QED) is 0.726. The van der Waals surface area contributed by atoms with Gasteiger partial charge in [0.2, 0.25) is 0 Å². The highest BCUT2D eigenvalue weighted by atomic mass is 35.5. The summed E-state index contributed by atoms with van der Waals surface area (Å²) in [6.07, 6.45) is 0.0609. The fourth-order valence-electron chi connectivity index (χ4n) is 2.53. The van der Waals surface area contributed by atoms with Crippen LogP contribution < -0.4 is 4.90 Å². The van der Waals surface area contributed by atoms with Gasteiger partial charge in [-0.1, -0.05) is 47.1 Å². The Morgan fingerprint density at radius 1 is 1.21 bits per heavy atom. The molecule has 0 aromatic heterocycles. The Bertz CT molecular complexity index is 792. The molecule has 2 aromatic carbocycles. The van der Waals surface area contributed by atoms with Gasteiger partial charge in [0.25, 0.3) is 5.91 Å². The zero-order valence-corrected chi connectivity index (χ0v) is 15.0. The molecule has 0 aliphatic carbocycles. The summed E-state index contributed by atoms with van der Waals surface area (Å²) in [4.78, 5) is 27.2. The molecule has 0 spiro atoms. The molecule has 124 valence electrons. The van der Waals surface area contributed by atoms with Crippen LogP contribution in [0.15, 0.2) is 47.4 Å². The minimum absolute atomic E-state index is 0.0609. The fourth-order valence-corrected chi connectivity index (χ4v) is 4.32. The lowest BCUT2D eigenvalue weighted by molar-refractivity contribution is -0.140.